The van der Waals surface area contributed by atoms with E-state index in [-0.39, 0.29) is 5.91 Å². The van der Waals surface area contributed by atoms with Gasteiger partial charge in [0.1, 0.15) is 5.75 Å². The van der Waals surface area contributed by atoms with Crippen LogP contribution in [0, 0.1) is 0 Å². The molecule has 0 spiro atoms. The van der Waals surface area contributed by atoms with Crippen molar-refractivity contribution in [2.75, 3.05) is 32.5 Å². The van der Waals surface area contributed by atoms with Crippen molar-refractivity contribution >= 4 is 11.6 Å². The lowest BCUT2D eigenvalue weighted by molar-refractivity contribution is 0.0953. The van der Waals surface area contributed by atoms with E-state index in [1.54, 1.807) is 18.2 Å². The maximum absolute atomic E-state index is 11.8. The molecule has 5 heteroatoms. The summed E-state index contributed by atoms with van der Waals surface area (Å²) in [6.07, 6.45) is 0.908. The molecule has 1 rings (SSSR count). The Labute approximate surface area is 108 Å². The standard InChI is InChI=1S/C13H21N3O2/c1-3-15-7-4-8-16-13(17)10-5-6-11(14)12(9-10)18-2/h5-6,9,15H,3-4,7-8,14H2,1-2H3,(H,16,17). The van der Waals surface area contributed by atoms with Gasteiger partial charge in [0.2, 0.25) is 0 Å². The number of anilines is 1. The van der Waals surface area contributed by atoms with E-state index < -0.39 is 0 Å². The fourth-order valence-electron chi connectivity index (χ4n) is 1.55. The number of amides is 1. The molecular weight excluding hydrogens is 230 g/mol. The van der Waals surface area contributed by atoms with Gasteiger partial charge < -0.3 is 21.1 Å². The number of nitrogens with two attached hydrogens (primary N) is 1. The fourth-order valence-corrected chi connectivity index (χ4v) is 1.55. The van der Waals surface area contributed by atoms with Crippen molar-refractivity contribution in [1.29, 1.82) is 0 Å². The van der Waals surface area contributed by atoms with Gasteiger partial charge in [-0.25, -0.2) is 0 Å². The van der Waals surface area contributed by atoms with E-state index in [4.69, 9.17) is 10.5 Å². The van der Waals surface area contributed by atoms with E-state index in [1.165, 1.54) is 7.11 Å². The first kappa shape index (κ1) is 14.3. The highest BCUT2D eigenvalue weighted by Gasteiger charge is 2.07. The summed E-state index contributed by atoms with van der Waals surface area (Å²) in [5.74, 6) is 0.417. The molecule has 4 N–H and O–H groups in total. The number of carbonyl (C=O) groups is 1. The van der Waals surface area contributed by atoms with E-state index in [1.807, 2.05) is 0 Å². The van der Waals surface area contributed by atoms with E-state index in [0.29, 0.717) is 23.5 Å². The van der Waals surface area contributed by atoms with Crippen LogP contribution in [0.2, 0.25) is 0 Å². The number of hydrogen-bond donors (Lipinski definition) is 3. The van der Waals surface area contributed by atoms with Crippen LogP contribution in [0.4, 0.5) is 5.69 Å². The van der Waals surface area contributed by atoms with Crippen molar-refractivity contribution in [3.8, 4) is 5.75 Å². The highest BCUT2D eigenvalue weighted by Crippen LogP contribution is 2.21. The quantitative estimate of drug-likeness (QED) is 0.499. The van der Waals surface area contributed by atoms with Gasteiger partial charge in [0, 0.05) is 12.1 Å². The molecule has 0 aromatic heterocycles. The third-order valence-corrected chi connectivity index (χ3v) is 2.56. The molecule has 1 aromatic carbocycles. The molecule has 5 nitrogen and oxygen atoms in total. The summed E-state index contributed by atoms with van der Waals surface area (Å²) < 4.78 is 5.08. The summed E-state index contributed by atoms with van der Waals surface area (Å²) in [7, 11) is 1.53. The second-order valence-corrected chi connectivity index (χ2v) is 3.92. The average molecular weight is 251 g/mol. The zero-order valence-corrected chi connectivity index (χ0v) is 11.0. The van der Waals surface area contributed by atoms with Crippen LogP contribution in [0.3, 0.4) is 0 Å². The Morgan fingerprint density at radius 1 is 1.39 bits per heavy atom. The zero-order valence-electron chi connectivity index (χ0n) is 11.0. The van der Waals surface area contributed by atoms with Gasteiger partial charge >= 0.3 is 0 Å². The summed E-state index contributed by atoms with van der Waals surface area (Å²) >= 11 is 0. The van der Waals surface area contributed by atoms with Crippen molar-refractivity contribution in [3.05, 3.63) is 23.8 Å². The molecule has 100 valence electrons. The minimum atomic E-state index is -0.107. The smallest absolute Gasteiger partial charge is 0.251 e. The largest absolute Gasteiger partial charge is 0.495 e. The molecule has 0 fully saturated rings. The fraction of sp³-hybridized carbons (Fsp3) is 0.462. The summed E-state index contributed by atoms with van der Waals surface area (Å²) in [6, 6.07) is 5.01. The van der Waals surface area contributed by atoms with Gasteiger partial charge in [-0.05, 0) is 37.7 Å². The van der Waals surface area contributed by atoms with E-state index >= 15 is 0 Å². The minimum Gasteiger partial charge on any atom is -0.495 e. The molecule has 0 aliphatic heterocycles. The number of methoxy groups -OCH3 is 1. The van der Waals surface area contributed by atoms with Crippen LogP contribution < -0.4 is 21.1 Å². The number of nitrogen functional groups attached to an aromatic ring is 1. The highest BCUT2D eigenvalue weighted by molar-refractivity contribution is 5.95. The maximum Gasteiger partial charge on any atom is 0.251 e. The molecule has 0 unspecified atom stereocenters. The number of hydrogen-bond acceptors (Lipinski definition) is 4. The van der Waals surface area contributed by atoms with Gasteiger partial charge in [0.25, 0.3) is 5.91 Å². The van der Waals surface area contributed by atoms with Gasteiger partial charge in [-0.2, -0.15) is 0 Å². The molecule has 0 aliphatic carbocycles. The Kier molecular flexibility index (Phi) is 6.00. The lowest BCUT2D eigenvalue weighted by Crippen LogP contribution is -2.27. The first-order valence-corrected chi connectivity index (χ1v) is 6.11. The van der Waals surface area contributed by atoms with Crippen LogP contribution in [0.25, 0.3) is 0 Å². The highest BCUT2D eigenvalue weighted by atomic mass is 16.5. The number of benzene rings is 1. The molecule has 0 aliphatic rings. The lowest BCUT2D eigenvalue weighted by Gasteiger charge is -2.08. The Morgan fingerprint density at radius 2 is 2.17 bits per heavy atom. The Bertz CT molecular complexity index is 394. The predicted octanol–water partition coefficient (Wildman–Crippen LogP) is 1.01. The van der Waals surface area contributed by atoms with Crippen molar-refractivity contribution in [3.63, 3.8) is 0 Å². The summed E-state index contributed by atoms with van der Waals surface area (Å²) in [5.41, 5.74) is 6.78. The first-order chi connectivity index (χ1) is 8.69. The van der Waals surface area contributed by atoms with Gasteiger partial charge in [-0.3, -0.25) is 4.79 Å². The molecule has 0 bridgehead atoms. The van der Waals surface area contributed by atoms with Crippen LogP contribution in [0.1, 0.15) is 23.7 Å². The van der Waals surface area contributed by atoms with Crippen LogP contribution >= 0.6 is 0 Å². The predicted molar refractivity (Wildman–Crippen MR) is 72.9 cm³/mol. The van der Waals surface area contributed by atoms with Gasteiger partial charge in [0.15, 0.2) is 0 Å². The number of ether oxygens (including phenoxy) is 1. The zero-order chi connectivity index (χ0) is 13.4. The monoisotopic (exact) mass is 251 g/mol. The molecule has 1 amide bonds. The molecule has 0 atom stereocenters. The summed E-state index contributed by atoms with van der Waals surface area (Å²) in [5, 5.41) is 6.05. The third kappa shape index (κ3) is 4.25. The van der Waals surface area contributed by atoms with Crippen LogP contribution in [-0.4, -0.2) is 32.7 Å². The topological polar surface area (TPSA) is 76.4 Å². The van der Waals surface area contributed by atoms with Crippen molar-refractivity contribution in [2.24, 2.45) is 0 Å². The molecule has 0 saturated carbocycles. The molecule has 0 saturated heterocycles. The van der Waals surface area contributed by atoms with Crippen molar-refractivity contribution < 1.29 is 9.53 Å². The lowest BCUT2D eigenvalue weighted by atomic mass is 10.1. The van der Waals surface area contributed by atoms with Gasteiger partial charge in [-0.15, -0.1) is 0 Å². The molecular formula is C13H21N3O2. The van der Waals surface area contributed by atoms with Crippen LogP contribution in [0.15, 0.2) is 18.2 Å². The van der Waals surface area contributed by atoms with Gasteiger partial charge in [-0.1, -0.05) is 6.92 Å². The van der Waals surface area contributed by atoms with Crippen LogP contribution in [0.5, 0.6) is 5.75 Å². The van der Waals surface area contributed by atoms with Crippen molar-refractivity contribution in [1.82, 2.24) is 10.6 Å². The summed E-state index contributed by atoms with van der Waals surface area (Å²) in [6.45, 7) is 4.56. The third-order valence-electron chi connectivity index (χ3n) is 2.56. The second-order valence-electron chi connectivity index (χ2n) is 3.92. The normalized spacial score (nSPS) is 10.1. The van der Waals surface area contributed by atoms with E-state index in [9.17, 15) is 4.79 Å². The van der Waals surface area contributed by atoms with Crippen molar-refractivity contribution in [2.45, 2.75) is 13.3 Å². The molecule has 1 aromatic rings. The Balaban J connectivity index is 2.46. The Hall–Kier alpha value is -1.75. The SMILES string of the molecule is CCNCCCNC(=O)c1ccc(N)c(OC)c1. The average Bonchev–Trinajstić information content (AvgIpc) is 2.38. The maximum atomic E-state index is 11.8. The summed E-state index contributed by atoms with van der Waals surface area (Å²) in [4.78, 5) is 11.8. The second kappa shape index (κ2) is 7.55. The number of carbonyl (C=O) groups excluding carboxylic acids is 1. The van der Waals surface area contributed by atoms with Gasteiger partial charge in [0.05, 0.1) is 12.8 Å². The first-order valence-electron chi connectivity index (χ1n) is 6.11. The van der Waals surface area contributed by atoms with E-state index in [0.717, 1.165) is 19.5 Å². The van der Waals surface area contributed by atoms with E-state index in [2.05, 4.69) is 17.6 Å². The Morgan fingerprint density at radius 3 is 2.83 bits per heavy atom. The number of nitrogens with one attached hydrogen (secondary N) is 2. The molecule has 0 radical (unpaired) electrons. The molecule has 0 heterocycles. The van der Waals surface area contributed by atoms with Crippen LogP contribution in [-0.2, 0) is 0 Å². The number of rotatable bonds is 7. The molecule has 18 heavy (non-hydrogen) atoms. The minimum absolute atomic E-state index is 0.107.